The van der Waals surface area contributed by atoms with Gasteiger partial charge in [-0.3, -0.25) is 4.79 Å². The van der Waals surface area contributed by atoms with Gasteiger partial charge in [0, 0.05) is 30.9 Å². The van der Waals surface area contributed by atoms with Crippen LogP contribution in [0.2, 0.25) is 5.02 Å². The lowest BCUT2D eigenvalue weighted by atomic mass is 10.2. The second-order valence-electron chi connectivity index (χ2n) is 5.73. The quantitative estimate of drug-likeness (QED) is 0.839. The van der Waals surface area contributed by atoms with Gasteiger partial charge in [0.15, 0.2) is 5.69 Å². The smallest absolute Gasteiger partial charge is 0.275 e. The fraction of sp³-hybridized carbons (Fsp3) is 0.353. The van der Waals surface area contributed by atoms with Crippen molar-refractivity contribution in [3.63, 3.8) is 0 Å². The highest BCUT2D eigenvalue weighted by atomic mass is 35.5. The van der Waals surface area contributed by atoms with E-state index in [4.69, 9.17) is 16.7 Å². The van der Waals surface area contributed by atoms with Crippen LogP contribution in [0.3, 0.4) is 0 Å². The molecule has 2 aromatic rings. The fourth-order valence-corrected chi connectivity index (χ4v) is 2.26. The number of rotatable bonds is 6. The predicted molar refractivity (Wildman–Crippen MR) is 95.9 cm³/mol. The van der Waals surface area contributed by atoms with E-state index in [-0.39, 0.29) is 29.1 Å². The number of benzene rings is 1. The van der Waals surface area contributed by atoms with Gasteiger partial charge in [-0.2, -0.15) is 0 Å². The van der Waals surface area contributed by atoms with E-state index in [1.165, 1.54) is 6.20 Å². The molecular weight excluding hydrogens is 328 g/mol. The molecule has 1 aromatic heterocycles. The molecule has 1 heterocycles. The maximum absolute atomic E-state index is 12.4. The van der Waals surface area contributed by atoms with Crippen LogP contribution < -0.4 is 10.2 Å². The van der Waals surface area contributed by atoms with Crippen LogP contribution in [-0.2, 0) is 0 Å². The van der Waals surface area contributed by atoms with Gasteiger partial charge in [-0.15, -0.1) is 0 Å². The van der Waals surface area contributed by atoms with Gasteiger partial charge >= 0.3 is 0 Å². The summed E-state index contributed by atoms with van der Waals surface area (Å²) in [6.45, 7) is 4.53. The molecular formula is C17H21ClN4O2. The van der Waals surface area contributed by atoms with Crippen molar-refractivity contribution in [3.05, 3.63) is 47.0 Å². The Kier molecular flexibility index (Phi) is 6.11. The van der Waals surface area contributed by atoms with Crippen molar-refractivity contribution >= 4 is 28.9 Å². The van der Waals surface area contributed by atoms with E-state index in [9.17, 15) is 4.79 Å². The summed E-state index contributed by atoms with van der Waals surface area (Å²) in [6.07, 6.45) is 1.45. The number of aliphatic hydroxyl groups is 1. The lowest BCUT2D eigenvalue weighted by Gasteiger charge is -2.18. The third-order valence-corrected chi connectivity index (χ3v) is 3.77. The minimum atomic E-state index is -0.374. The number of hydrogen-bond acceptors (Lipinski definition) is 5. The van der Waals surface area contributed by atoms with Crippen LogP contribution in [0.25, 0.3) is 0 Å². The van der Waals surface area contributed by atoms with Crippen molar-refractivity contribution < 1.29 is 9.90 Å². The van der Waals surface area contributed by atoms with Crippen LogP contribution >= 0.6 is 11.6 Å². The van der Waals surface area contributed by atoms with Crippen LogP contribution in [0, 0.1) is 0 Å². The zero-order chi connectivity index (χ0) is 17.7. The number of carbonyl (C=O) groups is 1. The minimum absolute atomic E-state index is 0.0827. The molecule has 24 heavy (non-hydrogen) atoms. The summed E-state index contributed by atoms with van der Waals surface area (Å²) in [5.41, 5.74) is 1.75. The summed E-state index contributed by atoms with van der Waals surface area (Å²) in [7, 11) is 1.89. The summed E-state index contributed by atoms with van der Waals surface area (Å²) in [5, 5.41) is 12.0. The highest BCUT2D eigenvalue weighted by Gasteiger charge is 2.15. The fourth-order valence-electron chi connectivity index (χ4n) is 2.09. The molecule has 0 unspecified atom stereocenters. The Balaban J connectivity index is 2.13. The average Bonchev–Trinajstić information content (AvgIpc) is 2.55. The first-order chi connectivity index (χ1) is 11.4. The maximum Gasteiger partial charge on any atom is 0.275 e. The highest BCUT2D eigenvalue weighted by Crippen LogP contribution is 2.20. The van der Waals surface area contributed by atoms with Gasteiger partial charge < -0.3 is 15.3 Å². The molecule has 0 aliphatic heterocycles. The monoisotopic (exact) mass is 348 g/mol. The molecule has 0 atom stereocenters. The maximum atomic E-state index is 12.4. The molecule has 7 heteroatoms. The Hall–Kier alpha value is -2.18. The minimum Gasteiger partial charge on any atom is -0.395 e. The number of carbonyl (C=O) groups excluding carboxylic acids is 1. The third kappa shape index (κ3) is 4.43. The molecule has 1 amide bonds. The molecule has 2 rings (SSSR count). The lowest BCUT2D eigenvalue weighted by Crippen LogP contribution is -2.21. The first kappa shape index (κ1) is 18.2. The summed E-state index contributed by atoms with van der Waals surface area (Å²) >= 11 is 6.05. The number of aliphatic hydroxyl groups excluding tert-OH is 1. The van der Waals surface area contributed by atoms with Crippen molar-refractivity contribution in [2.75, 3.05) is 30.4 Å². The zero-order valence-electron chi connectivity index (χ0n) is 14.0. The summed E-state index contributed by atoms with van der Waals surface area (Å²) in [5.74, 6) is 0.307. The Morgan fingerprint density at radius 3 is 2.58 bits per heavy atom. The molecule has 0 aliphatic carbocycles. The number of nitrogens with one attached hydrogen (secondary N) is 1. The lowest BCUT2D eigenvalue weighted by molar-refractivity contribution is 0.102. The predicted octanol–water partition coefficient (Wildman–Crippen LogP) is 2.93. The Bertz CT molecular complexity index is 704. The van der Waals surface area contributed by atoms with Crippen molar-refractivity contribution in [1.82, 2.24) is 9.97 Å². The van der Waals surface area contributed by atoms with Crippen LogP contribution in [0.15, 0.2) is 30.5 Å². The van der Waals surface area contributed by atoms with Crippen LogP contribution in [0.4, 0.5) is 11.4 Å². The van der Waals surface area contributed by atoms with Crippen LogP contribution in [-0.4, -0.2) is 41.2 Å². The van der Waals surface area contributed by atoms with Crippen LogP contribution in [0.1, 0.15) is 36.1 Å². The number of hydrogen-bond donors (Lipinski definition) is 2. The number of aromatic nitrogens is 2. The normalized spacial score (nSPS) is 10.8. The molecule has 0 saturated carbocycles. The third-order valence-electron chi connectivity index (χ3n) is 3.50. The largest absolute Gasteiger partial charge is 0.395 e. The van der Waals surface area contributed by atoms with E-state index in [0.29, 0.717) is 18.1 Å². The zero-order valence-corrected chi connectivity index (χ0v) is 14.7. The van der Waals surface area contributed by atoms with Gasteiger partial charge in [-0.25, -0.2) is 9.97 Å². The van der Waals surface area contributed by atoms with Gasteiger partial charge in [-0.05, 0) is 24.3 Å². The SMILES string of the molecule is CC(C)c1ncc(Cl)c(C(=O)Nc2ccc(N(C)CCO)cc2)n1. The first-order valence-electron chi connectivity index (χ1n) is 7.68. The molecule has 0 fully saturated rings. The van der Waals surface area contributed by atoms with Gasteiger partial charge in [0.1, 0.15) is 5.82 Å². The molecule has 128 valence electrons. The second kappa shape index (κ2) is 8.08. The van der Waals surface area contributed by atoms with Gasteiger partial charge in [0.05, 0.1) is 17.8 Å². The summed E-state index contributed by atoms with van der Waals surface area (Å²) < 4.78 is 0. The van der Waals surface area contributed by atoms with E-state index in [1.54, 1.807) is 12.1 Å². The Morgan fingerprint density at radius 2 is 2.00 bits per heavy atom. The molecule has 0 radical (unpaired) electrons. The summed E-state index contributed by atoms with van der Waals surface area (Å²) in [4.78, 5) is 22.7. The molecule has 0 bridgehead atoms. The first-order valence-corrected chi connectivity index (χ1v) is 8.06. The number of anilines is 2. The standard InChI is InChI=1S/C17H21ClN4O2/c1-11(2)16-19-10-14(18)15(21-16)17(24)20-12-4-6-13(7-5-12)22(3)8-9-23/h4-7,10-11,23H,8-9H2,1-3H3,(H,20,24). The molecule has 0 saturated heterocycles. The van der Waals surface area contributed by atoms with Crippen molar-refractivity contribution in [2.45, 2.75) is 19.8 Å². The highest BCUT2D eigenvalue weighted by molar-refractivity contribution is 6.33. The topological polar surface area (TPSA) is 78.4 Å². The van der Waals surface area contributed by atoms with Crippen LogP contribution in [0.5, 0.6) is 0 Å². The second-order valence-corrected chi connectivity index (χ2v) is 6.13. The Labute approximate surface area is 146 Å². The molecule has 0 aliphatic rings. The van der Waals surface area contributed by atoms with Gasteiger partial charge in [0.2, 0.25) is 0 Å². The van der Waals surface area contributed by atoms with E-state index in [2.05, 4.69) is 15.3 Å². The summed E-state index contributed by atoms with van der Waals surface area (Å²) in [6, 6.07) is 7.32. The molecule has 1 aromatic carbocycles. The van der Waals surface area contributed by atoms with Crippen molar-refractivity contribution in [1.29, 1.82) is 0 Å². The van der Waals surface area contributed by atoms with E-state index >= 15 is 0 Å². The van der Waals surface area contributed by atoms with E-state index in [0.717, 1.165) is 5.69 Å². The van der Waals surface area contributed by atoms with Gasteiger partial charge in [0.25, 0.3) is 5.91 Å². The van der Waals surface area contributed by atoms with Crippen molar-refractivity contribution in [2.24, 2.45) is 0 Å². The molecule has 6 nitrogen and oxygen atoms in total. The van der Waals surface area contributed by atoms with Gasteiger partial charge in [-0.1, -0.05) is 25.4 Å². The number of likely N-dealkylation sites (N-methyl/N-ethyl adjacent to an activating group) is 1. The van der Waals surface area contributed by atoms with E-state index < -0.39 is 0 Å². The molecule has 0 spiro atoms. The Morgan fingerprint density at radius 1 is 1.33 bits per heavy atom. The van der Waals surface area contributed by atoms with Crippen molar-refractivity contribution in [3.8, 4) is 0 Å². The number of halogens is 1. The molecule has 2 N–H and O–H groups in total. The number of amides is 1. The number of nitrogens with zero attached hydrogens (tertiary/aromatic N) is 3. The average molecular weight is 349 g/mol. The van der Waals surface area contributed by atoms with E-state index in [1.807, 2.05) is 37.9 Å².